The molecule has 0 amide bonds. The second-order valence-corrected chi connectivity index (χ2v) is 3.37. The van der Waals surface area contributed by atoms with E-state index in [0.29, 0.717) is 0 Å². The number of hydrogen-bond donors (Lipinski definition) is 0. The van der Waals surface area contributed by atoms with E-state index in [0.717, 1.165) is 32.1 Å². The van der Waals surface area contributed by atoms with Gasteiger partial charge in [-0.05, 0) is 38.5 Å². The summed E-state index contributed by atoms with van der Waals surface area (Å²) in [5.41, 5.74) is 0. The lowest BCUT2D eigenvalue weighted by molar-refractivity contribution is 1.04. The minimum absolute atomic E-state index is 1.07. The van der Waals surface area contributed by atoms with Crippen molar-refractivity contribution in [3.8, 4) is 0 Å². The van der Waals surface area contributed by atoms with Crippen molar-refractivity contribution in [1.82, 2.24) is 0 Å². The van der Waals surface area contributed by atoms with Crippen molar-refractivity contribution in [3.63, 3.8) is 0 Å². The SMILES string of the molecule is [CH]1CC=CC=CCCC=CCC=CC1. The maximum Gasteiger partial charge on any atom is -0.0169 e. The zero-order chi connectivity index (χ0) is 9.90. The molecule has 0 saturated heterocycles. The molecule has 0 aliphatic heterocycles. The summed E-state index contributed by atoms with van der Waals surface area (Å²) >= 11 is 0. The summed E-state index contributed by atoms with van der Waals surface area (Å²) in [6.07, 6.45) is 25.5. The quantitative estimate of drug-likeness (QED) is 0.494. The van der Waals surface area contributed by atoms with Gasteiger partial charge in [-0.15, -0.1) is 0 Å². The van der Waals surface area contributed by atoms with Gasteiger partial charge in [0.1, 0.15) is 0 Å². The maximum atomic E-state index is 2.29. The van der Waals surface area contributed by atoms with Crippen molar-refractivity contribution in [2.24, 2.45) is 0 Å². The van der Waals surface area contributed by atoms with Gasteiger partial charge in [0, 0.05) is 0 Å². The molecular weight excluding hydrogens is 168 g/mol. The van der Waals surface area contributed by atoms with Gasteiger partial charge in [-0.25, -0.2) is 0 Å². The third kappa shape index (κ3) is 6.47. The van der Waals surface area contributed by atoms with Crippen molar-refractivity contribution < 1.29 is 0 Å². The summed E-state index contributed by atoms with van der Waals surface area (Å²) in [5.74, 6) is 0. The highest BCUT2D eigenvalue weighted by atomic mass is 13.9. The molecule has 0 heterocycles. The lowest BCUT2D eigenvalue weighted by Crippen LogP contribution is -1.72. The minimum atomic E-state index is 1.07. The molecule has 0 saturated carbocycles. The zero-order valence-corrected chi connectivity index (χ0v) is 8.73. The van der Waals surface area contributed by atoms with Crippen LogP contribution in [0.15, 0.2) is 48.6 Å². The predicted molar refractivity (Wildman–Crippen MR) is 63.9 cm³/mol. The lowest BCUT2D eigenvalue weighted by Gasteiger charge is -1.91. The fourth-order valence-electron chi connectivity index (χ4n) is 1.30. The monoisotopic (exact) mass is 187 g/mol. The Morgan fingerprint density at radius 2 is 1.14 bits per heavy atom. The van der Waals surface area contributed by atoms with Gasteiger partial charge in [-0.3, -0.25) is 0 Å². The first-order valence-corrected chi connectivity index (χ1v) is 5.43. The van der Waals surface area contributed by atoms with Crippen LogP contribution in [0.3, 0.4) is 0 Å². The molecule has 0 N–H and O–H groups in total. The Kier molecular flexibility index (Phi) is 6.74. The Labute approximate surface area is 87.7 Å². The second kappa shape index (κ2) is 8.55. The fraction of sp³-hybridized carbons (Fsp3) is 0.357. The molecule has 0 aromatic heterocycles. The third-order valence-electron chi connectivity index (χ3n) is 2.09. The summed E-state index contributed by atoms with van der Waals surface area (Å²) in [6.45, 7) is 0. The van der Waals surface area contributed by atoms with Crippen molar-refractivity contribution in [2.45, 2.75) is 32.1 Å². The Hall–Kier alpha value is -1.04. The summed E-state index contributed by atoms with van der Waals surface area (Å²) in [6, 6.07) is 0. The molecule has 1 aliphatic rings. The lowest BCUT2D eigenvalue weighted by atomic mass is 10.2. The van der Waals surface area contributed by atoms with Crippen LogP contribution in [0.5, 0.6) is 0 Å². The van der Waals surface area contributed by atoms with Gasteiger partial charge in [0.15, 0.2) is 0 Å². The van der Waals surface area contributed by atoms with Crippen LogP contribution in [-0.4, -0.2) is 0 Å². The summed E-state index contributed by atoms with van der Waals surface area (Å²) < 4.78 is 0. The normalized spacial score (nSPS) is 19.4. The first-order chi connectivity index (χ1) is 7.00. The van der Waals surface area contributed by atoms with E-state index in [1.54, 1.807) is 0 Å². The molecular formula is C14H19. The van der Waals surface area contributed by atoms with Gasteiger partial charge in [0.05, 0.1) is 0 Å². The van der Waals surface area contributed by atoms with Crippen LogP contribution in [-0.2, 0) is 0 Å². The molecule has 0 aromatic rings. The van der Waals surface area contributed by atoms with E-state index in [-0.39, 0.29) is 0 Å². The first-order valence-electron chi connectivity index (χ1n) is 5.43. The van der Waals surface area contributed by atoms with E-state index >= 15 is 0 Å². The molecule has 1 aliphatic carbocycles. The summed E-state index contributed by atoms with van der Waals surface area (Å²) in [4.78, 5) is 0. The number of rotatable bonds is 0. The van der Waals surface area contributed by atoms with Crippen molar-refractivity contribution in [3.05, 3.63) is 55.0 Å². The Bertz CT molecular complexity index is 228. The van der Waals surface area contributed by atoms with Crippen LogP contribution >= 0.6 is 0 Å². The summed E-state index contributed by atoms with van der Waals surface area (Å²) in [7, 11) is 0. The van der Waals surface area contributed by atoms with E-state index in [4.69, 9.17) is 0 Å². The highest BCUT2D eigenvalue weighted by Crippen LogP contribution is 2.01. The smallest absolute Gasteiger partial charge is 0.0169 e. The van der Waals surface area contributed by atoms with Gasteiger partial charge in [-0.2, -0.15) is 0 Å². The van der Waals surface area contributed by atoms with Gasteiger partial charge in [-0.1, -0.05) is 48.6 Å². The predicted octanol–water partition coefficient (Wildman–Crippen LogP) is 4.38. The molecule has 1 rings (SSSR count). The average Bonchev–Trinajstić information content (AvgIpc) is 2.22. The summed E-state index contributed by atoms with van der Waals surface area (Å²) in [5, 5.41) is 0. The van der Waals surface area contributed by atoms with Crippen LogP contribution in [0, 0.1) is 6.42 Å². The standard InChI is InChI=1S/C14H19/c1-2-4-6-8-10-12-14-13-11-9-7-5-3-1/h1-4,7,10-13H,5-6,8-9,14H2. The molecule has 14 heavy (non-hydrogen) atoms. The molecule has 0 bridgehead atoms. The largest absolute Gasteiger partial charge is 0.0879 e. The van der Waals surface area contributed by atoms with E-state index in [1.807, 2.05) is 0 Å². The molecule has 0 heteroatoms. The first kappa shape index (κ1) is 11.0. The Morgan fingerprint density at radius 3 is 2.14 bits per heavy atom. The van der Waals surface area contributed by atoms with Gasteiger partial charge in [0.2, 0.25) is 0 Å². The molecule has 0 aromatic carbocycles. The van der Waals surface area contributed by atoms with Crippen molar-refractivity contribution >= 4 is 0 Å². The number of allylic oxidation sites excluding steroid dienone is 8. The minimum Gasteiger partial charge on any atom is -0.0879 e. The molecule has 0 spiro atoms. The van der Waals surface area contributed by atoms with Crippen LogP contribution in [0.25, 0.3) is 0 Å². The van der Waals surface area contributed by atoms with Crippen LogP contribution in [0.1, 0.15) is 32.1 Å². The van der Waals surface area contributed by atoms with E-state index in [9.17, 15) is 0 Å². The molecule has 0 atom stereocenters. The van der Waals surface area contributed by atoms with Gasteiger partial charge in [0.25, 0.3) is 0 Å². The maximum absolute atomic E-state index is 2.29. The van der Waals surface area contributed by atoms with Crippen LogP contribution in [0.4, 0.5) is 0 Å². The van der Waals surface area contributed by atoms with E-state index < -0.39 is 0 Å². The van der Waals surface area contributed by atoms with Crippen LogP contribution < -0.4 is 0 Å². The van der Waals surface area contributed by atoms with Gasteiger partial charge >= 0.3 is 0 Å². The average molecular weight is 187 g/mol. The number of hydrogen-bond acceptors (Lipinski definition) is 0. The van der Waals surface area contributed by atoms with E-state index in [2.05, 4.69) is 55.0 Å². The Balaban J connectivity index is 2.34. The highest BCUT2D eigenvalue weighted by Gasteiger charge is 1.81. The Morgan fingerprint density at radius 1 is 0.500 bits per heavy atom. The highest BCUT2D eigenvalue weighted by molar-refractivity contribution is 5.05. The topological polar surface area (TPSA) is 0 Å². The molecule has 75 valence electrons. The molecule has 0 nitrogen and oxygen atoms in total. The fourth-order valence-corrected chi connectivity index (χ4v) is 1.30. The molecule has 1 radical (unpaired) electrons. The van der Waals surface area contributed by atoms with E-state index in [1.165, 1.54) is 0 Å². The van der Waals surface area contributed by atoms with Crippen LogP contribution in [0.2, 0.25) is 0 Å². The zero-order valence-electron chi connectivity index (χ0n) is 8.73. The van der Waals surface area contributed by atoms with Crippen molar-refractivity contribution in [2.75, 3.05) is 0 Å². The van der Waals surface area contributed by atoms with Gasteiger partial charge < -0.3 is 0 Å². The molecule has 0 fully saturated rings. The van der Waals surface area contributed by atoms with Crippen molar-refractivity contribution in [1.29, 1.82) is 0 Å². The second-order valence-electron chi connectivity index (χ2n) is 3.37. The third-order valence-corrected chi connectivity index (χ3v) is 2.09. The molecule has 0 unspecified atom stereocenters.